The lowest BCUT2D eigenvalue weighted by atomic mass is 9.89. The largest absolute Gasteiger partial charge is 0.481 e. The number of thioether (sulfide) groups is 2. The number of nitrogens with zero attached hydrogens (tertiary/aromatic N) is 3. The Balaban J connectivity index is 1.37. The van der Waals surface area contributed by atoms with E-state index in [2.05, 4.69) is 15.5 Å². The SMILES string of the molecule is O=C(NC1C(=O)N2CC(CSc3nnc(CS(=O)(=O)O)o3)(C(=O)O)CS[C@H]12)C(O)c1ccccc1. The number of nitrogens with one attached hydrogen (secondary N) is 1. The van der Waals surface area contributed by atoms with Crippen LogP contribution in [-0.2, 0) is 30.3 Å². The number of carboxylic acids is 1. The smallest absolute Gasteiger partial charge is 0.313 e. The highest BCUT2D eigenvalue weighted by molar-refractivity contribution is 8.00. The van der Waals surface area contributed by atoms with Crippen LogP contribution in [0.15, 0.2) is 40.0 Å². The molecule has 2 amide bonds. The van der Waals surface area contributed by atoms with Gasteiger partial charge in [0.1, 0.15) is 16.8 Å². The van der Waals surface area contributed by atoms with Crippen molar-refractivity contribution in [2.24, 2.45) is 5.41 Å². The summed E-state index contributed by atoms with van der Waals surface area (Å²) in [6.45, 7) is -0.120. The number of carboxylic acid groups (broad SMARTS) is 1. The zero-order valence-electron chi connectivity index (χ0n) is 17.8. The number of amides is 2. The van der Waals surface area contributed by atoms with Crippen LogP contribution in [0.25, 0.3) is 0 Å². The average Bonchev–Trinajstić information content (AvgIpc) is 3.26. The first-order valence-electron chi connectivity index (χ1n) is 10.1. The molecule has 1 aromatic heterocycles. The van der Waals surface area contributed by atoms with Crippen molar-refractivity contribution >= 4 is 51.4 Å². The maximum Gasteiger partial charge on any atom is 0.313 e. The van der Waals surface area contributed by atoms with E-state index < -0.39 is 56.6 Å². The first-order chi connectivity index (χ1) is 16.5. The fourth-order valence-corrected chi connectivity index (χ4v) is 6.71. The number of aliphatic carboxylic acids is 1. The number of carbonyl (C=O) groups is 3. The minimum Gasteiger partial charge on any atom is -0.481 e. The fourth-order valence-electron chi connectivity index (χ4n) is 3.64. The number of hydrogen-bond acceptors (Lipinski definition) is 11. The van der Waals surface area contributed by atoms with Crippen LogP contribution in [0, 0.1) is 5.41 Å². The molecule has 2 saturated heterocycles. The molecule has 3 heterocycles. The summed E-state index contributed by atoms with van der Waals surface area (Å²) in [5.74, 6) is -3.47. The van der Waals surface area contributed by atoms with Gasteiger partial charge in [0.15, 0.2) is 11.9 Å². The molecule has 1 aromatic carbocycles. The zero-order valence-corrected chi connectivity index (χ0v) is 20.3. The van der Waals surface area contributed by atoms with Crippen molar-refractivity contribution in [2.75, 3.05) is 18.1 Å². The second-order valence-electron chi connectivity index (χ2n) is 8.03. The summed E-state index contributed by atoms with van der Waals surface area (Å²) in [5.41, 5.74) is -0.981. The maximum absolute atomic E-state index is 12.7. The second kappa shape index (κ2) is 9.77. The van der Waals surface area contributed by atoms with Crippen molar-refractivity contribution in [2.45, 2.75) is 28.5 Å². The third kappa shape index (κ3) is 5.45. The van der Waals surface area contributed by atoms with E-state index in [0.717, 1.165) is 11.8 Å². The Labute approximate surface area is 207 Å². The summed E-state index contributed by atoms with van der Waals surface area (Å²) >= 11 is 2.08. The molecule has 3 unspecified atom stereocenters. The van der Waals surface area contributed by atoms with Gasteiger partial charge in [0.05, 0.1) is 0 Å². The number of fused-ring (bicyclic) bond motifs is 1. The fraction of sp³-hybridized carbons (Fsp3) is 0.421. The highest BCUT2D eigenvalue weighted by Gasteiger charge is 2.57. The summed E-state index contributed by atoms with van der Waals surface area (Å²) in [7, 11) is -4.36. The lowest BCUT2D eigenvalue weighted by molar-refractivity contribution is -0.158. The molecule has 16 heteroatoms. The molecule has 35 heavy (non-hydrogen) atoms. The molecule has 0 spiro atoms. The van der Waals surface area contributed by atoms with Crippen molar-refractivity contribution < 1.29 is 42.0 Å². The number of aromatic nitrogens is 2. The number of carbonyl (C=O) groups excluding carboxylic acids is 2. The molecule has 2 aliphatic heterocycles. The van der Waals surface area contributed by atoms with E-state index in [1.54, 1.807) is 30.3 Å². The first kappa shape index (κ1) is 25.4. The van der Waals surface area contributed by atoms with Crippen LogP contribution in [0.1, 0.15) is 17.6 Å². The molecule has 2 aliphatic rings. The van der Waals surface area contributed by atoms with E-state index in [1.165, 1.54) is 16.7 Å². The van der Waals surface area contributed by atoms with Crippen LogP contribution in [0.2, 0.25) is 0 Å². The van der Waals surface area contributed by atoms with E-state index in [9.17, 15) is 33.0 Å². The Morgan fingerprint density at radius 3 is 2.69 bits per heavy atom. The monoisotopic (exact) mass is 544 g/mol. The Morgan fingerprint density at radius 1 is 1.31 bits per heavy atom. The first-order valence-corrected chi connectivity index (χ1v) is 13.7. The molecule has 4 atom stereocenters. The van der Waals surface area contributed by atoms with Crippen molar-refractivity contribution in [1.29, 1.82) is 0 Å². The number of aliphatic hydroxyl groups is 1. The molecule has 13 nitrogen and oxygen atoms in total. The Morgan fingerprint density at radius 2 is 2.03 bits per heavy atom. The van der Waals surface area contributed by atoms with Gasteiger partial charge in [0, 0.05) is 18.1 Å². The van der Waals surface area contributed by atoms with Gasteiger partial charge in [0.2, 0.25) is 11.8 Å². The van der Waals surface area contributed by atoms with Crippen molar-refractivity contribution in [3.63, 3.8) is 0 Å². The molecule has 0 aliphatic carbocycles. The number of hydrogen-bond donors (Lipinski definition) is 4. The predicted molar refractivity (Wildman–Crippen MR) is 122 cm³/mol. The topological polar surface area (TPSA) is 200 Å². The summed E-state index contributed by atoms with van der Waals surface area (Å²) in [6.07, 6.45) is -1.44. The van der Waals surface area contributed by atoms with E-state index >= 15 is 0 Å². The van der Waals surface area contributed by atoms with Gasteiger partial charge in [-0.1, -0.05) is 42.1 Å². The van der Waals surface area contributed by atoms with Gasteiger partial charge < -0.3 is 24.8 Å². The molecule has 2 aromatic rings. The van der Waals surface area contributed by atoms with Crippen molar-refractivity contribution in [3.05, 3.63) is 41.8 Å². The molecule has 4 rings (SSSR count). The summed E-state index contributed by atoms with van der Waals surface area (Å²) in [5, 5.41) is 29.3. The summed E-state index contributed by atoms with van der Waals surface area (Å²) in [6, 6.07) is 7.37. The second-order valence-corrected chi connectivity index (χ2v) is 11.5. The molecule has 4 N–H and O–H groups in total. The Bertz CT molecular complexity index is 1240. The third-order valence-electron chi connectivity index (χ3n) is 5.49. The Hall–Kier alpha value is -2.66. The zero-order chi connectivity index (χ0) is 25.4. The maximum atomic E-state index is 12.7. The van der Waals surface area contributed by atoms with Crippen LogP contribution in [0.5, 0.6) is 0 Å². The van der Waals surface area contributed by atoms with E-state index in [-0.39, 0.29) is 29.2 Å². The Kier molecular flexibility index (Phi) is 7.10. The van der Waals surface area contributed by atoms with Crippen LogP contribution < -0.4 is 5.32 Å². The lowest BCUT2D eigenvalue weighted by Crippen LogP contribution is -2.74. The summed E-state index contributed by atoms with van der Waals surface area (Å²) < 4.78 is 35.8. The van der Waals surface area contributed by atoms with E-state index in [4.69, 9.17) is 8.97 Å². The standard InChI is InChI=1S/C19H20N4O9S3/c24-13(10-4-2-1-3-5-10)14(25)20-12-15(26)23-7-19(17(27)28,8-33-16(12)23)9-34-18-22-21-11(32-18)6-35(29,30)31/h1-5,12-13,16,24H,6-9H2,(H,20,25)(H,27,28)(H,29,30,31)/t12?,13?,16-,19?/m1/s1. The average molecular weight is 545 g/mol. The van der Waals surface area contributed by atoms with Crippen LogP contribution >= 0.6 is 23.5 Å². The van der Waals surface area contributed by atoms with Crippen LogP contribution in [0.3, 0.4) is 0 Å². The highest BCUT2D eigenvalue weighted by atomic mass is 32.2. The molecular formula is C19H20N4O9S3. The normalized spacial score (nSPS) is 24.9. The van der Waals surface area contributed by atoms with Gasteiger partial charge in [-0.3, -0.25) is 18.9 Å². The van der Waals surface area contributed by atoms with Gasteiger partial charge in [-0.2, -0.15) is 8.42 Å². The molecule has 0 bridgehead atoms. The minimum absolute atomic E-state index is 0.0525. The van der Waals surface area contributed by atoms with Crippen molar-refractivity contribution in [1.82, 2.24) is 20.4 Å². The number of aliphatic hydroxyl groups excluding tert-OH is 1. The van der Waals surface area contributed by atoms with E-state index in [1.807, 2.05) is 0 Å². The molecule has 188 valence electrons. The quantitative estimate of drug-likeness (QED) is 0.183. The van der Waals surface area contributed by atoms with Gasteiger partial charge in [-0.15, -0.1) is 22.0 Å². The summed E-state index contributed by atoms with van der Waals surface area (Å²) in [4.78, 5) is 38.6. The van der Waals surface area contributed by atoms with Crippen LogP contribution in [0.4, 0.5) is 0 Å². The van der Waals surface area contributed by atoms with Gasteiger partial charge in [-0.25, -0.2) is 0 Å². The molecular weight excluding hydrogens is 524 g/mol. The number of rotatable bonds is 9. The van der Waals surface area contributed by atoms with Gasteiger partial charge in [0.25, 0.3) is 21.2 Å². The predicted octanol–water partition coefficient (Wildman–Crippen LogP) is -0.246. The van der Waals surface area contributed by atoms with Crippen molar-refractivity contribution in [3.8, 4) is 0 Å². The minimum atomic E-state index is -4.36. The van der Waals surface area contributed by atoms with E-state index in [0.29, 0.717) is 5.56 Å². The highest BCUT2D eigenvalue weighted by Crippen LogP contribution is 2.44. The van der Waals surface area contributed by atoms with Gasteiger partial charge >= 0.3 is 5.97 Å². The number of benzene rings is 1. The molecule has 2 fully saturated rings. The number of β-lactam (4-membered cyclic amide) rings is 1. The van der Waals surface area contributed by atoms with Gasteiger partial charge in [-0.05, 0) is 5.56 Å². The lowest BCUT2D eigenvalue weighted by Gasteiger charge is -2.53. The third-order valence-corrected chi connectivity index (χ3v) is 8.79. The molecule has 0 radical (unpaired) electrons. The molecule has 0 saturated carbocycles. The van der Waals surface area contributed by atoms with Crippen LogP contribution in [-0.4, -0.2) is 85.5 Å².